The van der Waals surface area contributed by atoms with Crippen molar-refractivity contribution in [1.29, 1.82) is 0 Å². The van der Waals surface area contributed by atoms with Crippen molar-refractivity contribution < 1.29 is 9.53 Å². The third kappa shape index (κ3) is 1.94. The van der Waals surface area contributed by atoms with E-state index in [4.69, 9.17) is 4.74 Å². The molecule has 1 aromatic rings. The molecule has 0 bridgehead atoms. The number of ether oxygens (including phenoxy) is 1. The summed E-state index contributed by atoms with van der Waals surface area (Å²) in [7, 11) is 3.20. The summed E-state index contributed by atoms with van der Waals surface area (Å²) in [4.78, 5) is 11.8. The normalized spacial score (nSPS) is 10.1. The summed E-state index contributed by atoms with van der Waals surface area (Å²) in [6.45, 7) is 5.86. The predicted octanol–water partition coefficient (Wildman–Crippen LogP) is 2.74. The van der Waals surface area contributed by atoms with Crippen LogP contribution in [-0.2, 0) is 0 Å². The molecule has 0 aliphatic heterocycles. The van der Waals surface area contributed by atoms with Crippen LogP contribution in [0, 0.1) is 20.8 Å². The Labute approximate surface area is 104 Å². The minimum atomic E-state index is -0.127. The standard InChI is InChI=1S/C12H16BrNO2/c1-6-7(2)11(16-5)9(12(15)14-4)8(3)10(6)13/h1-5H3,(H,14,15). The van der Waals surface area contributed by atoms with Gasteiger partial charge in [0.2, 0.25) is 0 Å². The number of rotatable bonds is 2. The van der Waals surface area contributed by atoms with E-state index in [2.05, 4.69) is 21.2 Å². The second-order valence-electron chi connectivity index (χ2n) is 3.68. The molecule has 1 rings (SSSR count). The molecule has 1 N–H and O–H groups in total. The molecule has 0 aliphatic rings. The van der Waals surface area contributed by atoms with Crippen LogP contribution in [0.2, 0.25) is 0 Å². The van der Waals surface area contributed by atoms with Crippen LogP contribution in [-0.4, -0.2) is 20.1 Å². The molecule has 1 aromatic carbocycles. The Balaban J connectivity index is 3.64. The summed E-state index contributed by atoms with van der Waals surface area (Å²) in [5.41, 5.74) is 3.58. The van der Waals surface area contributed by atoms with Gasteiger partial charge in [-0.1, -0.05) is 15.9 Å². The average Bonchev–Trinajstić information content (AvgIpc) is 2.29. The lowest BCUT2D eigenvalue weighted by molar-refractivity contribution is 0.0959. The van der Waals surface area contributed by atoms with Crippen LogP contribution in [0.15, 0.2) is 4.47 Å². The van der Waals surface area contributed by atoms with Gasteiger partial charge >= 0.3 is 0 Å². The maximum Gasteiger partial charge on any atom is 0.255 e. The maximum absolute atomic E-state index is 11.8. The summed E-state index contributed by atoms with van der Waals surface area (Å²) < 4.78 is 6.30. The SMILES string of the molecule is CNC(=O)c1c(C)c(Br)c(C)c(C)c1OC. The van der Waals surface area contributed by atoms with Crippen molar-refractivity contribution >= 4 is 21.8 Å². The van der Waals surface area contributed by atoms with Crippen LogP contribution in [0.4, 0.5) is 0 Å². The molecule has 0 radical (unpaired) electrons. The first kappa shape index (κ1) is 13.0. The van der Waals surface area contributed by atoms with Crippen molar-refractivity contribution in [2.75, 3.05) is 14.2 Å². The van der Waals surface area contributed by atoms with E-state index >= 15 is 0 Å². The summed E-state index contributed by atoms with van der Waals surface area (Å²) in [6, 6.07) is 0. The van der Waals surface area contributed by atoms with Gasteiger partial charge in [0, 0.05) is 11.5 Å². The maximum atomic E-state index is 11.8. The molecule has 88 valence electrons. The van der Waals surface area contributed by atoms with Crippen LogP contribution >= 0.6 is 15.9 Å². The highest BCUT2D eigenvalue weighted by molar-refractivity contribution is 9.10. The molecule has 16 heavy (non-hydrogen) atoms. The lowest BCUT2D eigenvalue weighted by atomic mass is 9.98. The summed E-state index contributed by atoms with van der Waals surface area (Å²) >= 11 is 3.51. The molecule has 0 heterocycles. The van der Waals surface area contributed by atoms with E-state index in [9.17, 15) is 4.79 Å². The number of halogens is 1. The van der Waals surface area contributed by atoms with E-state index in [1.165, 1.54) is 0 Å². The van der Waals surface area contributed by atoms with Gasteiger partial charge in [-0.25, -0.2) is 0 Å². The first-order valence-electron chi connectivity index (χ1n) is 5.01. The third-order valence-corrected chi connectivity index (χ3v) is 4.01. The monoisotopic (exact) mass is 285 g/mol. The number of hydrogen-bond acceptors (Lipinski definition) is 2. The van der Waals surface area contributed by atoms with Crippen molar-refractivity contribution in [3.63, 3.8) is 0 Å². The zero-order valence-electron chi connectivity index (χ0n) is 10.2. The molecule has 0 aliphatic carbocycles. The van der Waals surface area contributed by atoms with E-state index in [1.807, 2.05) is 20.8 Å². The van der Waals surface area contributed by atoms with E-state index in [0.29, 0.717) is 11.3 Å². The molecule has 0 saturated heterocycles. The minimum Gasteiger partial charge on any atom is -0.496 e. The first-order chi connectivity index (χ1) is 7.45. The van der Waals surface area contributed by atoms with E-state index in [-0.39, 0.29) is 5.91 Å². The number of carbonyl (C=O) groups excluding carboxylic acids is 1. The second-order valence-corrected chi connectivity index (χ2v) is 4.47. The lowest BCUT2D eigenvalue weighted by Crippen LogP contribution is -2.21. The fourth-order valence-electron chi connectivity index (χ4n) is 1.74. The van der Waals surface area contributed by atoms with Crippen LogP contribution in [0.25, 0.3) is 0 Å². The highest BCUT2D eigenvalue weighted by atomic mass is 79.9. The molecular formula is C12H16BrNO2. The molecule has 0 saturated carbocycles. The first-order valence-corrected chi connectivity index (χ1v) is 5.80. The number of amides is 1. The van der Waals surface area contributed by atoms with Gasteiger partial charge in [0.1, 0.15) is 5.75 Å². The van der Waals surface area contributed by atoms with Gasteiger partial charge < -0.3 is 10.1 Å². The fraction of sp³-hybridized carbons (Fsp3) is 0.417. The van der Waals surface area contributed by atoms with Gasteiger partial charge in [-0.05, 0) is 37.5 Å². The molecular weight excluding hydrogens is 270 g/mol. The summed E-state index contributed by atoms with van der Waals surface area (Å²) in [5.74, 6) is 0.524. The molecule has 0 aromatic heterocycles. The second kappa shape index (κ2) is 4.87. The zero-order chi connectivity index (χ0) is 12.5. The largest absolute Gasteiger partial charge is 0.496 e. The fourth-order valence-corrected chi connectivity index (χ4v) is 2.23. The number of carbonyl (C=O) groups is 1. The highest BCUT2D eigenvalue weighted by Gasteiger charge is 2.21. The predicted molar refractivity (Wildman–Crippen MR) is 68.3 cm³/mol. The summed E-state index contributed by atoms with van der Waals surface area (Å²) in [6.07, 6.45) is 0. The Morgan fingerprint density at radius 1 is 1.19 bits per heavy atom. The molecule has 0 atom stereocenters. The van der Waals surface area contributed by atoms with Gasteiger partial charge in [-0.3, -0.25) is 4.79 Å². The number of methoxy groups -OCH3 is 1. The van der Waals surface area contributed by atoms with Gasteiger partial charge in [0.15, 0.2) is 0 Å². The van der Waals surface area contributed by atoms with Crippen molar-refractivity contribution in [3.8, 4) is 5.75 Å². The topological polar surface area (TPSA) is 38.3 Å². The van der Waals surface area contributed by atoms with Crippen LogP contribution < -0.4 is 10.1 Å². The van der Waals surface area contributed by atoms with Crippen molar-refractivity contribution in [1.82, 2.24) is 5.32 Å². The van der Waals surface area contributed by atoms with Gasteiger partial charge in [0.25, 0.3) is 5.91 Å². The minimum absolute atomic E-state index is 0.127. The van der Waals surface area contributed by atoms with Crippen LogP contribution in [0.3, 0.4) is 0 Å². The van der Waals surface area contributed by atoms with Crippen molar-refractivity contribution in [2.24, 2.45) is 0 Å². The third-order valence-electron chi connectivity index (χ3n) is 2.82. The van der Waals surface area contributed by atoms with Gasteiger partial charge in [0.05, 0.1) is 12.7 Å². The Bertz CT molecular complexity index is 441. The lowest BCUT2D eigenvalue weighted by Gasteiger charge is -2.17. The van der Waals surface area contributed by atoms with E-state index < -0.39 is 0 Å². The smallest absolute Gasteiger partial charge is 0.255 e. The van der Waals surface area contributed by atoms with Gasteiger partial charge in [-0.15, -0.1) is 0 Å². The zero-order valence-corrected chi connectivity index (χ0v) is 11.8. The number of nitrogens with one attached hydrogen (secondary N) is 1. The molecule has 0 unspecified atom stereocenters. The quantitative estimate of drug-likeness (QED) is 0.907. The molecule has 4 heteroatoms. The molecule has 3 nitrogen and oxygen atoms in total. The summed E-state index contributed by atoms with van der Waals surface area (Å²) in [5, 5.41) is 2.63. The van der Waals surface area contributed by atoms with Gasteiger partial charge in [-0.2, -0.15) is 0 Å². The highest BCUT2D eigenvalue weighted by Crippen LogP contribution is 2.35. The van der Waals surface area contributed by atoms with Crippen molar-refractivity contribution in [3.05, 3.63) is 26.7 Å². The van der Waals surface area contributed by atoms with E-state index in [0.717, 1.165) is 21.2 Å². The Morgan fingerprint density at radius 3 is 2.19 bits per heavy atom. The number of hydrogen-bond donors (Lipinski definition) is 1. The Morgan fingerprint density at radius 2 is 1.75 bits per heavy atom. The Kier molecular flexibility index (Phi) is 3.97. The Hall–Kier alpha value is -1.03. The van der Waals surface area contributed by atoms with Crippen molar-refractivity contribution in [2.45, 2.75) is 20.8 Å². The molecule has 0 fully saturated rings. The average molecular weight is 286 g/mol. The molecule has 0 spiro atoms. The van der Waals surface area contributed by atoms with E-state index in [1.54, 1.807) is 14.2 Å². The van der Waals surface area contributed by atoms with Crippen LogP contribution in [0.5, 0.6) is 5.75 Å². The number of benzene rings is 1. The molecule has 1 amide bonds. The van der Waals surface area contributed by atoms with Crippen LogP contribution in [0.1, 0.15) is 27.0 Å².